The predicted molar refractivity (Wildman–Crippen MR) is 84.6 cm³/mol. The molecule has 1 aromatic carbocycles. The lowest BCUT2D eigenvalue weighted by atomic mass is 10.1. The van der Waals surface area contributed by atoms with Crippen molar-refractivity contribution in [2.75, 3.05) is 31.2 Å². The van der Waals surface area contributed by atoms with Crippen LogP contribution < -0.4 is 4.90 Å². The van der Waals surface area contributed by atoms with Crippen LogP contribution in [0.3, 0.4) is 0 Å². The predicted octanol–water partition coefficient (Wildman–Crippen LogP) is 3.10. The standard InChI is InChI=1S/C17H21N3O/c1-13(2)16-7-8-17(19-18-16)14-3-5-15(6-4-14)20-9-11-21-12-10-20/h3-8,13H,9-12H2,1-2H3. The zero-order chi connectivity index (χ0) is 14.7. The summed E-state index contributed by atoms with van der Waals surface area (Å²) in [6.07, 6.45) is 0. The molecule has 0 amide bonds. The Kier molecular flexibility index (Phi) is 4.15. The molecule has 1 aliphatic heterocycles. The van der Waals surface area contributed by atoms with Gasteiger partial charge in [-0.25, -0.2) is 0 Å². The van der Waals surface area contributed by atoms with E-state index in [0.29, 0.717) is 5.92 Å². The summed E-state index contributed by atoms with van der Waals surface area (Å²) in [6, 6.07) is 12.6. The largest absolute Gasteiger partial charge is 0.378 e. The number of benzene rings is 1. The SMILES string of the molecule is CC(C)c1ccc(-c2ccc(N3CCOCC3)cc2)nn1. The van der Waals surface area contributed by atoms with Crippen molar-refractivity contribution in [1.29, 1.82) is 0 Å². The van der Waals surface area contributed by atoms with E-state index < -0.39 is 0 Å². The number of anilines is 1. The van der Waals surface area contributed by atoms with Crippen LogP contribution in [0.5, 0.6) is 0 Å². The first-order valence-electron chi connectivity index (χ1n) is 7.51. The molecule has 1 saturated heterocycles. The molecule has 21 heavy (non-hydrogen) atoms. The van der Waals surface area contributed by atoms with Gasteiger partial charge in [-0.3, -0.25) is 0 Å². The Balaban J connectivity index is 1.76. The summed E-state index contributed by atoms with van der Waals surface area (Å²) in [5.41, 5.74) is 4.31. The minimum atomic E-state index is 0.412. The smallest absolute Gasteiger partial charge is 0.0929 e. The molecule has 0 bridgehead atoms. The highest BCUT2D eigenvalue weighted by Gasteiger charge is 2.11. The molecule has 0 atom stereocenters. The van der Waals surface area contributed by atoms with Gasteiger partial charge in [-0.15, -0.1) is 0 Å². The van der Waals surface area contributed by atoms with Gasteiger partial charge in [0, 0.05) is 24.3 Å². The van der Waals surface area contributed by atoms with Crippen LogP contribution in [-0.2, 0) is 4.74 Å². The van der Waals surface area contributed by atoms with Crippen molar-refractivity contribution in [3.8, 4) is 11.3 Å². The quantitative estimate of drug-likeness (QED) is 0.867. The average molecular weight is 283 g/mol. The van der Waals surface area contributed by atoms with E-state index in [0.717, 1.165) is 43.3 Å². The highest BCUT2D eigenvalue weighted by molar-refractivity contribution is 5.62. The lowest BCUT2D eigenvalue weighted by molar-refractivity contribution is 0.122. The van der Waals surface area contributed by atoms with Crippen molar-refractivity contribution < 1.29 is 4.74 Å². The number of hydrogen-bond donors (Lipinski definition) is 0. The maximum atomic E-state index is 5.38. The fraction of sp³-hybridized carbons (Fsp3) is 0.412. The third kappa shape index (κ3) is 3.22. The summed E-state index contributed by atoms with van der Waals surface area (Å²) >= 11 is 0. The van der Waals surface area contributed by atoms with Crippen LogP contribution in [0.4, 0.5) is 5.69 Å². The highest BCUT2D eigenvalue weighted by atomic mass is 16.5. The zero-order valence-corrected chi connectivity index (χ0v) is 12.6. The molecule has 0 aliphatic carbocycles. The molecule has 2 aromatic rings. The number of morpholine rings is 1. The van der Waals surface area contributed by atoms with Crippen molar-refractivity contribution in [1.82, 2.24) is 10.2 Å². The molecule has 0 saturated carbocycles. The van der Waals surface area contributed by atoms with E-state index in [9.17, 15) is 0 Å². The van der Waals surface area contributed by atoms with E-state index in [1.165, 1.54) is 5.69 Å². The minimum Gasteiger partial charge on any atom is -0.378 e. The summed E-state index contributed by atoms with van der Waals surface area (Å²) in [5, 5.41) is 8.62. The Bertz CT molecular complexity index is 572. The second-order valence-electron chi connectivity index (χ2n) is 5.64. The van der Waals surface area contributed by atoms with Crippen LogP contribution in [0.2, 0.25) is 0 Å². The van der Waals surface area contributed by atoms with Crippen molar-refractivity contribution in [3.63, 3.8) is 0 Å². The third-order valence-electron chi connectivity index (χ3n) is 3.82. The van der Waals surface area contributed by atoms with Crippen LogP contribution in [-0.4, -0.2) is 36.5 Å². The van der Waals surface area contributed by atoms with Gasteiger partial charge in [0.2, 0.25) is 0 Å². The van der Waals surface area contributed by atoms with Crippen molar-refractivity contribution in [3.05, 3.63) is 42.1 Å². The lowest BCUT2D eigenvalue weighted by Crippen LogP contribution is -2.36. The van der Waals surface area contributed by atoms with Gasteiger partial charge < -0.3 is 9.64 Å². The van der Waals surface area contributed by atoms with E-state index in [4.69, 9.17) is 4.74 Å². The molecule has 3 rings (SSSR count). The van der Waals surface area contributed by atoms with Crippen molar-refractivity contribution in [2.45, 2.75) is 19.8 Å². The summed E-state index contributed by atoms with van der Waals surface area (Å²) in [4.78, 5) is 2.35. The molecule has 4 heteroatoms. The maximum Gasteiger partial charge on any atom is 0.0929 e. The van der Waals surface area contributed by atoms with Crippen LogP contribution >= 0.6 is 0 Å². The van der Waals surface area contributed by atoms with Gasteiger partial charge in [0.1, 0.15) is 0 Å². The summed E-state index contributed by atoms with van der Waals surface area (Å²) < 4.78 is 5.38. The van der Waals surface area contributed by atoms with Gasteiger partial charge in [0.25, 0.3) is 0 Å². The van der Waals surface area contributed by atoms with Crippen LogP contribution in [0.1, 0.15) is 25.5 Å². The fourth-order valence-corrected chi connectivity index (χ4v) is 2.47. The number of ether oxygens (including phenoxy) is 1. The molecule has 1 aliphatic rings. The van der Waals surface area contributed by atoms with Gasteiger partial charge in [-0.1, -0.05) is 26.0 Å². The zero-order valence-electron chi connectivity index (χ0n) is 12.6. The van der Waals surface area contributed by atoms with E-state index in [-0.39, 0.29) is 0 Å². The first-order chi connectivity index (χ1) is 10.2. The molecular formula is C17H21N3O. The Morgan fingerprint density at radius 2 is 1.67 bits per heavy atom. The number of hydrogen-bond acceptors (Lipinski definition) is 4. The Labute approximate surface area is 125 Å². The van der Waals surface area contributed by atoms with Crippen molar-refractivity contribution >= 4 is 5.69 Å². The fourth-order valence-electron chi connectivity index (χ4n) is 2.47. The topological polar surface area (TPSA) is 38.2 Å². The average Bonchev–Trinajstić information content (AvgIpc) is 2.56. The molecule has 0 radical (unpaired) electrons. The lowest BCUT2D eigenvalue weighted by Gasteiger charge is -2.28. The molecule has 0 N–H and O–H groups in total. The monoisotopic (exact) mass is 283 g/mol. The Morgan fingerprint density at radius 3 is 2.24 bits per heavy atom. The molecule has 110 valence electrons. The van der Waals surface area contributed by atoms with Crippen molar-refractivity contribution in [2.24, 2.45) is 0 Å². The first kappa shape index (κ1) is 14.0. The van der Waals surface area contributed by atoms with Gasteiger partial charge >= 0.3 is 0 Å². The molecule has 1 fully saturated rings. The normalized spacial score (nSPS) is 15.5. The van der Waals surface area contributed by atoms with E-state index in [2.05, 4.69) is 59.3 Å². The van der Waals surface area contributed by atoms with Gasteiger partial charge in [0.15, 0.2) is 0 Å². The van der Waals surface area contributed by atoms with Gasteiger partial charge in [0.05, 0.1) is 24.6 Å². The summed E-state index contributed by atoms with van der Waals surface area (Å²) in [7, 11) is 0. The number of aromatic nitrogens is 2. The van der Waals surface area contributed by atoms with Gasteiger partial charge in [-0.2, -0.15) is 10.2 Å². The van der Waals surface area contributed by atoms with E-state index in [1.54, 1.807) is 0 Å². The highest BCUT2D eigenvalue weighted by Crippen LogP contribution is 2.22. The molecule has 0 unspecified atom stereocenters. The molecule has 1 aromatic heterocycles. The maximum absolute atomic E-state index is 5.38. The van der Waals surface area contributed by atoms with Crippen LogP contribution in [0, 0.1) is 0 Å². The molecule has 2 heterocycles. The summed E-state index contributed by atoms with van der Waals surface area (Å²) in [6.45, 7) is 7.79. The minimum absolute atomic E-state index is 0.412. The Hall–Kier alpha value is -1.94. The summed E-state index contributed by atoms with van der Waals surface area (Å²) in [5.74, 6) is 0.412. The Morgan fingerprint density at radius 1 is 0.952 bits per heavy atom. The molecule has 0 spiro atoms. The first-order valence-corrected chi connectivity index (χ1v) is 7.51. The second kappa shape index (κ2) is 6.22. The van der Waals surface area contributed by atoms with Crippen LogP contribution in [0.15, 0.2) is 36.4 Å². The van der Waals surface area contributed by atoms with Crippen LogP contribution in [0.25, 0.3) is 11.3 Å². The third-order valence-corrected chi connectivity index (χ3v) is 3.82. The van der Waals surface area contributed by atoms with Gasteiger partial charge in [-0.05, 0) is 30.2 Å². The van der Waals surface area contributed by atoms with E-state index >= 15 is 0 Å². The number of nitrogens with zero attached hydrogens (tertiary/aromatic N) is 3. The van der Waals surface area contributed by atoms with E-state index in [1.807, 2.05) is 6.07 Å². The molecular weight excluding hydrogens is 262 g/mol. The second-order valence-corrected chi connectivity index (χ2v) is 5.64. The number of rotatable bonds is 3. The molecule has 4 nitrogen and oxygen atoms in total.